The Kier molecular flexibility index (Phi) is 4.51. The van der Waals surface area contributed by atoms with Gasteiger partial charge in [-0.25, -0.2) is 4.79 Å². The van der Waals surface area contributed by atoms with Gasteiger partial charge in [-0.3, -0.25) is 4.79 Å². The van der Waals surface area contributed by atoms with Crippen LogP contribution in [0.1, 0.15) is 24.2 Å². The van der Waals surface area contributed by atoms with Crippen LogP contribution in [0.15, 0.2) is 24.3 Å². The Morgan fingerprint density at radius 3 is 2.35 bits per heavy atom. The standard InChI is InChI=1S/C12H16N2O3/c1-8(2)17-12(16)9-3-5-10(6-4-9)14-7-11(13)15/h3-6,8,14H,7H2,1-2H3,(H2,13,15). The van der Waals surface area contributed by atoms with Gasteiger partial charge in [-0.1, -0.05) is 0 Å². The van der Waals surface area contributed by atoms with Crippen molar-refractivity contribution < 1.29 is 14.3 Å². The SMILES string of the molecule is CC(C)OC(=O)c1ccc(NCC(N)=O)cc1. The highest BCUT2D eigenvalue weighted by Gasteiger charge is 2.08. The van der Waals surface area contributed by atoms with Crippen LogP contribution in [-0.4, -0.2) is 24.5 Å². The quantitative estimate of drug-likeness (QED) is 0.751. The monoisotopic (exact) mass is 236 g/mol. The number of rotatable bonds is 5. The molecule has 0 saturated heterocycles. The third-order valence-electron chi connectivity index (χ3n) is 1.93. The van der Waals surface area contributed by atoms with Crippen LogP contribution in [0.3, 0.4) is 0 Å². The van der Waals surface area contributed by atoms with E-state index in [1.807, 2.05) is 0 Å². The molecule has 0 radical (unpaired) electrons. The van der Waals surface area contributed by atoms with Crippen LogP contribution in [0.25, 0.3) is 0 Å². The van der Waals surface area contributed by atoms with Crippen LogP contribution in [0, 0.1) is 0 Å². The van der Waals surface area contributed by atoms with Crippen LogP contribution >= 0.6 is 0 Å². The van der Waals surface area contributed by atoms with E-state index >= 15 is 0 Å². The molecule has 0 spiro atoms. The van der Waals surface area contributed by atoms with Crippen molar-refractivity contribution in [2.45, 2.75) is 20.0 Å². The molecule has 0 aliphatic heterocycles. The van der Waals surface area contributed by atoms with Crippen LogP contribution in [0.5, 0.6) is 0 Å². The van der Waals surface area contributed by atoms with Crippen LogP contribution < -0.4 is 11.1 Å². The number of hydrogen-bond donors (Lipinski definition) is 2. The molecule has 3 N–H and O–H groups in total. The lowest BCUT2D eigenvalue weighted by Crippen LogP contribution is -2.21. The summed E-state index contributed by atoms with van der Waals surface area (Å²) in [5.74, 6) is -0.797. The van der Waals surface area contributed by atoms with E-state index in [0.29, 0.717) is 5.56 Å². The smallest absolute Gasteiger partial charge is 0.338 e. The lowest BCUT2D eigenvalue weighted by Gasteiger charge is -2.08. The molecule has 0 aliphatic carbocycles. The van der Waals surface area contributed by atoms with Gasteiger partial charge < -0.3 is 15.8 Å². The second-order valence-electron chi connectivity index (χ2n) is 3.85. The van der Waals surface area contributed by atoms with Gasteiger partial charge in [0, 0.05) is 5.69 Å². The van der Waals surface area contributed by atoms with E-state index < -0.39 is 5.91 Å². The number of ether oxygens (including phenoxy) is 1. The van der Waals surface area contributed by atoms with E-state index in [0.717, 1.165) is 5.69 Å². The fourth-order valence-corrected chi connectivity index (χ4v) is 1.20. The molecule has 5 nitrogen and oxygen atoms in total. The third kappa shape index (κ3) is 4.55. The van der Waals surface area contributed by atoms with Crippen LogP contribution in [0.2, 0.25) is 0 Å². The lowest BCUT2D eigenvalue weighted by molar-refractivity contribution is -0.116. The molecule has 0 heterocycles. The highest BCUT2D eigenvalue weighted by Crippen LogP contribution is 2.10. The van der Waals surface area contributed by atoms with Crippen LogP contribution in [0.4, 0.5) is 5.69 Å². The molecule has 0 fully saturated rings. The molecule has 1 aromatic rings. The number of benzene rings is 1. The Morgan fingerprint density at radius 2 is 1.88 bits per heavy atom. The fraction of sp³-hybridized carbons (Fsp3) is 0.333. The second kappa shape index (κ2) is 5.89. The van der Waals surface area contributed by atoms with Crippen molar-refractivity contribution in [1.82, 2.24) is 0 Å². The molecule has 17 heavy (non-hydrogen) atoms. The zero-order chi connectivity index (χ0) is 12.8. The third-order valence-corrected chi connectivity index (χ3v) is 1.93. The summed E-state index contributed by atoms with van der Waals surface area (Å²) >= 11 is 0. The number of esters is 1. The van der Waals surface area contributed by atoms with E-state index in [-0.39, 0.29) is 18.6 Å². The molecule has 0 aromatic heterocycles. The number of primary amides is 1. The summed E-state index contributed by atoms with van der Waals surface area (Å²) in [5, 5.41) is 2.82. The van der Waals surface area contributed by atoms with E-state index in [2.05, 4.69) is 5.32 Å². The molecule has 1 aromatic carbocycles. The Bertz CT molecular complexity index is 399. The summed E-state index contributed by atoms with van der Waals surface area (Å²) in [7, 11) is 0. The fourth-order valence-electron chi connectivity index (χ4n) is 1.20. The zero-order valence-corrected chi connectivity index (χ0v) is 9.90. The maximum atomic E-state index is 11.5. The van der Waals surface area contributed by atoms with E-state index in [1.165, 1.54) is 0 Å². The van der Waals surface area contributed by atoms with Gasteiger partial charge in [-0.15, -0.1) is 0 Å². The van der Waals surface area contributed by atoms with Crippen molar-refractivity contribution in [2.75, 3.05) is 11.9 Å². The summed E-state index contributed by atoms with van der Waals surface area (Å²) in [6, 6.07) is 6.65. The number of carbonyl (C=O) groups is 2. The maximum absolute atomic E-state index is 11.5. The first-order chi connectivity index (χ1) is 7.99. The summed E-state index contributed by atoms with van der Waals surface area (Å²) in [6.07, 6.45) is -0.143. The van der Waals surface area contributed by atoms with Gasteiger partial charge in [-0.05, 0) is 38.1 Å². The van der Waals surface area contributed by atoms with Gasteiger partial charge in [0.15, 0.2) is 0 Å². The minimum atomic E-state index is -0.437. The average Bonchev–Trinajstić information content (AvgIpc) is 2.26. The first kappa shape index (κ1) is 13.0. The van der Waals surface area contributed by atoms with Gasteiger partial charge in [0.2, 0.25) is 5.91 Å². The van der Waals surface area contributed by atoms with Crippen molar-refractivity contribution in [3.63, 3.8) is 0 Å². The molecule has 0 unspecified atom stereocenters. The first-order valence-corrected chi connectivity index (χ1v) is 5.32. The van der Waals surface area contributed by atoms with E-state index in [9.17, 15) is 9.59 Å². The minimum Gasteiger partial charge on any atom is -0.459 e. The first-order valence-electron chi connectivity index (χ1n) is 5.32. The predicted octanol–water partition coefficient (Wildman–Crippen LogP) is 1.15. The molecular weight excluding hydrogens is 220 g/mol. The highest BCUT2D eigenvalue weighted by atomic mass is 16.5. The van der Waals surface area contributed by atoms with Gasteiger partial charge in [0.25, 0.3) is 0 Å². The molecule has 1 amide bonds. The second-order valence-corrected chi connectivity index (χ2v) is 3.85. The van der Waals surface area contributed by atoms with Crippen molar-refractivity contribution in [2.24, 2.45) is 5.73 Å². The largest absolute Gasteiger partial charge is 0.459 e. The summed E-state index contributed by atoms with van der Waals surface area (Å²) < 4.78 is 5.04. The maximum Gasteiger partial charge on any atom is 0.338 e. The average molecular weight is 236 g/mol. The topological polar surface area (TPSA) is 81.4 Å². The number of nitrogens with one attached hydrogen (secondary N) is 1. The van der Waals surface area contributed by atoms with Gasteiger partial charge in [-0.2, -0.15) is 0 Å². The van der Waals surface area contributed by atoms with E-state index in [4.69, 9.17) is 10.5 Å². The van der Waals surface area contributed by atoms with Crippen molar-refractivity contribution in [3.05, 3.63) is 29.8 Å². The molecular formula is C12H16N2O3. The van der Waals surface area contributed by atoms with Crippen LogP contribution in [-0.2, 0) is 9.53 Å². The minimum absolute atomic E-state index is 0.0653. The molecule has 1 rings (SSSR count). The zero-order valence-electron chi connectivity index (χ0n) is 9.90. The number of hydrogen-bond acceptors (Lipinski definition) is 4. The Morgan fingerprint density at radius 1 is 1.29 bits per heavy atom. The van der Waals surface area contributed by atoms with Gasteiger partial charge in [0.1, 0.15) is 0 Å². The van der Waals surface area contributed by atoms with Gasteiger partial charge >= 0.3 is 5.97 Å². The van der Waals surface area contributed by atoms with Crippen molar-refractivity contribution in [1.29, 1.82) is 0 Å². The van der Waals surface area contributed by atoms with Crippen molar-refractivity contribution >= 4 is 17.6 Å². The molecule has 0 saturated carbocycles. The number of amides is 1. The Balaban J connectivity index is 2.61. The van der Waals surface area contributed by atoms with Gasteiger partial charge in [0.05, 0.1) is 18.2 Å². The lowest BCUT2D eigenvalue weighted by atomic mass is 10.2. The molecule has 0 aliphatic rings. The predicted molar refractivity (Wildman–Crippen MR) is 64.7 cm³/mol. The number of anilines is 1. The number of carbonyl (C=O) groups excluding carboxylic acids is 2. The molecule has 92 valence electrons. The Labute approximate surface area is 99.9 Å². The Hall–Kier alpha value is -2.04. The molecule has 0 bridgehead atoms. The normalized spacial score (nSPS) is 10.1. The number of nitrogens with two attached hydrogens (primary N) is 1. The molecule has 5 heteroatoms. The summed E-state index contributed by atoms with van der Waals surface area (Å²) in [4.78, 5) is 22.1. The summed E-state index contributed by atoms with van der Waals surface area (Å²) in [6.45, 7) is 3.65. The van der Waals surface area contributed by atoms with Crippen molar-refractivity contribution in [3.8, 4) is 0 Å². The van der Waals surface area contributed by atoms with E-state index in [1.54, 1.807) is 38.1 Å². The highest BCUT2D eigenvalue weighted by molar-refractivity contribution is 5.90. The molecule has 0 atom stereocenters. The summed E-state index contributed by atoms with van der Waals surface area (Å²) in [5.41, 5.74) is 6.20.